The SMILES string of the molecule is O=C(CCOc1cccc(Br)c1)NNC(=O)CCN1CCN(c2ccccc2)CC1. The molecular formula is C22H27BrN4O3. The van der Waals surface area contributed by atoms with E-state index in [0.717, 1.165) is 30.7 Å². The quantitative estimate of drug-likeness (QED) is 0.575. The predicted molar refractivity (Wildman–Crippen MR) is 120 cm³/mol. The fourth-order valence-electron chi connectivity index (χ4n) is 3.21. The van der Waals surface area contributed by atoms with E-state index >= 15 is 0 Å². The van der Waals surface area contributed by atoms with Gasteiger partial charge in [0.1, 0.15) is 5.75 Å². The molecule has 1 aliphatic heterocycles. The second-order valence-electron chi connectivity index (χ2n) is 7.07. The third-order valence-corrected chi connectivity index (χ3v) is 5.38. The van der Waals surface area contributed by atoms with Gasteiger partial charge in [-0.1, -0.05) is 40.2 Å². The van der Waals surface area contributed by atoms with Gasteiger partial charge in [-0.3, -0.25) is 25.3 Å². The molecule has 0 atom stereocenters. The molecular weight excluding hydrogens is 448 g/mol. The molecule has 0 spiro atoms. The number of amides is 2. The van der Waals surface area contributed by atoms with Gasteiger partial charge in [0.15, 0.2) is 0 Å². The minimum atomic E-state index is -0.283. The van der Waals surface area contributed by atoms with Crippen molar-refractivity contribution in [1.82, 2.24) is 15.8 Å². The Hall–Kier alpha value is -2.58. The van der Waals surface area contributed by atoms with Gasteiger partial charge in [-0.25, -0.2) is 0 Å². The van der Waals surface area contributed by atoms with Crippen LogP contribution in [0.25, 0.3) is 0 Å². The number of para-hydroxylation sites is 1. The highest BCUT2D eigenvalue weighted by Crippen LogP contribution is 2.18. The maximum Gasteiger partial charge on any atom is 0.241 e. The zero-order valence-corrected chi connectivity index (χ0v) is 18.4. The topological polar surface area (TPSA) is 73.9 Å². The van der Waals surface area contributed by atoms with Gasteiger partial charge in [-0.15, -0.1) is 0 Å². The molecule has 2 aromatic rings. The lowest BCUT2D eigenvalue weighted by molar-refractivity contribution is -0.129. The van der Waals surface area contributed by atoms with Gasteiger partial charge in [-0.05, 0) is 30.3 Å². The molecule has 0 unspecified atom stereocenters. The first-order valence-electron chi connectivity index (χ1n) is 10.1. The van der Waals surface area contributed by atoms with Crippen LogP contribution in [0.2, 0.25) is 0 Å². The monoisotopic (exact) mass is 474 g/mol. The number of anilines is 1. The summed E-state index contributed by atoms with van der Waals surface area (Å²) in [4.78, 5) is 28.5. The van der Waals surface area contributed by atoms with Crippen molar-refractivity contribution in [1.29, 1.82) is 0 Å². The molecule has 1 heterocycles. The Bertz CT molecular complexity index is 826. The Balaban J connectivity index is 1.25. The summed E-state index contributed by atoms with van der Waals surface area (Å²) in [5.74, 6) is 0.213. The highest BCUT2D eigenvalue weighted by Gasteiger charge is 2.17. The molecule has 2 amide bonds. The van der Waals surface area contributed by atoms with Gasteiger partial charge < -0.3 is 9.64 Å². The van der Waals surface area contributed by atoms with Crippen LogP contribution in [0.1, 0.15) is 12.8 Å². The van der Waals surface area contributed by atoms with E-state index in [1.165, 1.54) is 5.69 Å². The molecule has 1 saturated heterocycles. The summed E-state index contributed by atoms with van der Waals surface area (Å²) in [5, 5.41) is 0. The lowest BCUT2D eigenvalue weighted by Crippen LogP contribution is -2.48. The van der Waals surface area contributed by atoms with E-state index in [-0.39, 0.29) is 24.8 Å². The number of piperazine rings is 1. The molecule has 0 radical (unpaired) electrons. The van der Waals surface area contributed by atoms with Crippen molar-refractivity contribution in [2.45, 2.75) is 12.8 Å². The Kier molecular flexibility index (Phi) is 8.53. The van der Waals surface area contributed by atoms with E-state index in [2.05, 4.69) is 48.7 Å². The number of ether oxygens (including phenoxy) is 1. The second kappa shape index (κ2) is 11.6. The molecule has 0 aromatic heterocycles. The van der Waals surface area contributed by atoms with Crippen molar-refractivity contribution in [2.24, 2.45) is 0 Å². The van der Waals surface area contributed by atoms with Crippen molar-refractivity contribution in [2.75, 3.05) is 44.2 Å². The van der Waals surface area contributed by atoms with E-state index in [9.17, 15) is 9.59 Å². The van der Waals surface area contributed by atoms with E-state index in [0.29, 0.717) is 18.7 Å². The minimum Gasteiger partial charge on any atom is -0.493 e. The molecule has 0 aliphatic carbocycles. The average molecular weight is 475 g/mol. The summed E-state index contributed by atoms with van der Waals surface area (Å²) >= 11 is 3.37. The van der Waals surface area contributed by atoms with Crippen molar-refractivity contribution in [3.63, 3.8) is 0 Å². The van der Waals surface area contributed by atoms with Crippen LogP contribution in [0.5, 0.6) is 5.75 Å². The number of nitrogens with zero attached hydrogens (tertiary/aromatic N) is 2. The minimum absolute atomic E-state index is 0.161. The molecule has 8 heteroatoms. The van der Waals surface area contributed by atoms with Crippen LogP contribution in [0.3, 0.4) is 0 Å². The molecule has 160 valence electrons. The van der Waals surface area contributed by atoms with Gasteiger partial charge in [-0.2, -0.15) is 0 Å². The molecule has 2 N–H and O–H groups in total. The lowest BCUT2D eigenvalue weighted by Gasteiger charge is -2.36. The Morgan fingerprint density at radius 2 is 1.60 bits per heavy atom. The number of hydrazine groups is 1. The van der Waals surface area contributed by atoms with Gasteiger partial charge in [0, 0.05) is 49.3 Å². The first kappa shape index (κ1) is 22.1. The number of benzene rings is 2. The molecule has 7 nitrogen and oxygen atoms in total. The fourth-order valence-corrected chi connectivity index (χ4v) is 3.59. The zero-order chi connectivity index (χ0) is 21.2. The summed E-state index contributed by atoms with van der Waals surface area (Å²) < 4.78 is 6.43. The number of rotatable bonds is 8. The van der Waals surface area contributed by atoms with Crippen LogP contribution in [0.4, 0.5) is 5.69 Å². The Morgan fingerprint density at radius 1 is 0.900 bits per heavy atom. The molecule has 0 saturated carbocycles. The van der Waals surface area contributed by atoms with Crippen LogP contribution in [0, 0.1) is 0 Å². The third-order valence-electron chi connectivity index (χ3n) is 4.88. The molecule has 30 heavy (non-hydrogen) atoms. The largest absolute Gasteiger partial charge is 0.493 e. The first-order valence-corrected chi connectivity index (χ1v) is 10.9. The Labute approximate surface area is 185 Å². The zero-order valence-electron chi connectivity index (χ0n) is 16.9. The van der Waals surface area contributed by atoms with Crippen LogP contribution < -0.4 is 20.5 Å². The maximum atomic E-state index is 12.0. The second-order valence-corrected chi connectivity index (χ2v) is 7.98. The van der Waals surface area contributed by atoms with Crippen molar-refractivity contribution >= 4 is 33.4 Å². The lowest BCUT2D eigenvalue weighted by atomic mass is 10.2. The summed E-state index contributed by atoms with van der Waals surface area (Å²) in [7, 11) is 0. The van der Waals surface area contributed by atoms with Crippen molar-refractivity contribution in [3.05, 3.63) is 59.1 Å². The number of halogens is 1. The average Bonchev–Trinajstić information content (AvgIpc) is 2.77. The number of hydrogen-bond donors (Lipinski definition) is 2. The van der Waals surface area contributed by atoms with Crippen molar-refractivity contribution in [3.8, 4) is 5.75 Å². The number of carbonyl (C=O) groups is 2. The highest BCUT2D eigenvalue weighted by atomic mass is 79.9. The smallest absolute Gasteiger partial charge is 0.241 e. The summed E-state index contributed by atoms with van der Waals surface area (Å²) in [6.45, 7) is 4.64. The molecule has 1 aliphatic rings. The molecule has 3 rings (SSSR count). The van der Waals surface area contributed by atoms with Crippen LogP contribution in [0.15, 0.2) is 59.1 Å². The van der Waals surface area contributed by atoms with E-state index < -0.39 is 0 Å². The number of carbonyl (C=O) groups excluding carboxylic acids is 2. The number of hydrogen-bond acceptors (Lipinski definition) is 5. The standard InChI is InChI=1S/C22H27BrN4O3/c23-18-5-4-8-20(17-18)30-16-10-22(29)25-24-21(28)9-11-26-12-14-27(15-13-26)19-6-2-1-3-7-19/h1-8,17H,9-16H2,(H,24,28)(H,25,29). The van der Waals surface area contributed by atoms with E-state index in [4.69, 9.17) is 4.74 Å². The van der Waals surface area contributed by atoms with E-state index in [1.54, 1.807) is 0 Å². The summed E-state index contributed by atoms with van der Waals surface area (Å²) in [5.41, 5.74) is 6.16. The van der Waals surface area contributed by atoms with Gasteiger partial charge >= 0.3 is 0 Å². The van der Waals surface area contributed by atoms with Gasteiger partial charge in [0.05, 0.1) is 13.0 Å². The highest BCUT2D eigenvalue weighted by molar-refractivity contribution is 9.10. The molecule has 0 bridgehead atoms. The Morgan fingerprint density at radius 3 is 2.30 bits per heavy atom. The van der Waals surface area contributed by atoms with Crippen LogP contribution in [-0.4, -0.2) is 56.0 Å². The summed E-state index contributed by atoms with van der Waals surface area (Å²) in [6.07, 6.45) is 0.508. The fraction of sp³-hybridized carbons (Fsp3) is 0.364. The van der Waals surface area contributed by atoms with E-state index in [1.807, 2.05) is 42.5 Å². The van der Waals surface area contributed by atoms with Crippen LogP contribution >= 0.6 is 15.9 Å². The van der Waals surface area contributed by atoms with Gasteiger partial charge in [0.2, 0.25) is 11.8 Å². The molecule has 2 aromatic carbocycles. The van der Waals surface area contributed by atoms with Crippen molar-refractivity contribution < 1.29 is 14.3 Å². The first-order chi connectivity index (χ1) is 14.6. The van der Waals surface area contributed by atoms with Gasteiger partial charge in [0.25, 0.3) is 0 Å². The maximum absolute atomic E-state index is 12.0. The normalized spacial score (nSPS) is 14.2. The predicted octanol–water partition coefficient (Wildman–Crippen LogP) is 2.58. The summed E-state index contributed by atoms with van der Waals surface area (Å²) in [6, 6.07) is 17.8. The number of nitrogens with one attached hydrogen (secondary N) is 2. The third kappa shape index (κ3) is 7.35. The van der Waals surface area contributed by atoms with Crippen LogP contribution in [-0.2, 0) is 9.59 Å². The molecule has 1 fully saturated rings.